The van der Waals surface area contributed by atoms with E-state index in [0.717, 1.165) is 11.1 Å². The Morgan fingerprint density at radius 3 is 2.12 bits per heavy atom. The zero-order chi connectivity index (χ0) is 22.7. The van der Waals surface area contributed by atoms with E-state index in [1.807, 2.05) is 60.7 Å². The summed E-state index contributed by atoms with van der Waals surface area (Å²) in [6.45, 7) is 6.57. The van der Waals surface area contributed by atoms with E-state index in [0.29, 0.717) is 40.0 Å². The number of benzene rings is 2. The van der Waals surface area contributed by atoms with Crippen LogP contribution in [0.4, 0.5) is 0 Å². The molecule has 0 fully saturated rings. The smallest absolute Gasteiger partial charge is 0.327 e. The van der Waals surface area contributed by atoms with Gasteiger partial charge in [-0.25, -0.2) is 4.68 Å². The quantitative estimate of drug-likeness (QED) is 0.342. The van der Waals surface area contributed by atoms with Crippen LogP contribution < -0.4 is 0 Å². The number of esters is 1. The third-order valence-corrected chi connectivity index (χ3v) is 5.98. The third-order valence-electron chi connectivity index (χ3n) is 5.62. The van der Waals surface area contributed by atoms with Gasteiger partial charge in [0.2, 0.25) is 0 Å². The molecular weight excluding hydrogens is 424 g/mol. The Balaban J connectivity index is 1.76. The first-order chi connectivity index (χ1) is 15.5. The number of hydrogen-bond donors (Lipinski definition) is 0. The molecular formula is C25H25ClN4O2. The van der Waals surface area contributed by atoms with Gasteiger partial charge < -0.3 is 4.74 Å². The van der Waals surface area contributed by atoms with Gasteiger partial charge in [0.15, 0.2) is 5.65 Å². The minimum Gasteiger partial charge on any atom is -0.464 e. The molecule has 2 aromatic carbocycles. The fraction of sp³-hybridized carbons (Fsp3) is 0.280. The molecule has 0 aliphatic heterocycles. The molecule has 1 unspecified atom stereocenters. The van der Waals surface area contributed by atoms with Crippen LogP contribution in [0.15, 0.2) is 60.7 Å². The standard InChI is InChI=1S/C25H25ClN4O2/c1-16(2)17(3)15-32-20(31)14-30-25-21(23(29-30)18-10-6-4-7-11-18)22(26)24(27-28-25)19-12-8-5-9-13-19/h4-13,16-17H,14-15H2,1-3H3. The summed E-state index contributed by atoms with van der Waals surface area (Å²) in [7, 11) is 0. The molecule has 0 aliphatic rings. The molecule has 32 heavy (non-hydrogen) atoms. The number of halogens is 1. The van der Waals surface area contributed by atoms with Gasteiger partial charge in [-0.1, -0.05) is 93.0 Å². The van der Waals surface area contributed by atoms with Crippen molar-refractivity contribution in [3.05, 3.63) is 65.7 Å². The second-order valence-corrected chi connectivity index (χ2v) is 8.58. The second-order valence-electron chi connectivity index (χ2n) is 8.20. The summed E-state index contributed by atoms with van der Waals surface area (Å²) in [5.41, 5.74) is 3.42. The van der Waals surface area contributed by atoms with E-state index in [4.69, 9.17) is 16.3 Å². The first kappa shape index (κ1) is 22.0. The Morgan fingerprint density at radius 2 is 1.53 bits per heavy atom. The Hall–Kier alpha value is -3.25. The molecule has 7 heteroatoms. The molecule has 2 heterocycles. The van der Waals surface area contributed by atoms with Crippen molar-refractivity contribution >= 4 is 28.6 Å². The van der Waals surface area contributed by atoms with Gasteiger partial charge in [-0.05, 0) is 11.8 Å². The molecule has 2 aromatic heterocycles. The van der Waals surface area contributed by atoms with Gasteiger partial charge >= 0.3 is 5.97 Å². The minimum atomic E-state index is -0.369. The van der Waals surface area contributed by atoms with Crippen LogP contribution in [0.5, 0.6) is 0 Å². The largest absolute Gasteiger partial charge is 0.464 e. The highest BCUT2D eigenvalue weighted by molar-refractivity contribution is 6.38. The highest BCUT2D eigenvalue weighted by atomic mass is 35.5. The summed E-state index contributed by atoms with van der Waals surface area (Å²) in [4.78, 5) is 12.5. The van der Waals surface area contributed by atoms with Crippen molar-refractivity contribution < 1.29 is 9.53 Å². The lowest BCUT2D eigenvalue weighted by atomic mass is 9.99. The lowest BCUT2D eigenvalue weighted by molar-refractivity contribution is -0.146. The maximum absolute atomic E-state index is 12.5. The maximum Gasteiger partial charge on any atom is 0.327 e. The number of hydrogen-bond acceptors (Lipinski definition) is 5. The molecule has 0 radical (unpaired) electrons. The number of aromatic nitrogens is 4. The highest BCUT2D eigenvalue weighted by Crippen LogP contribution is 2.37. The van der Waals surface area contributed by atoms with Crippen molar-refractivity contribution in [2.75, 3.05) is 6.61 Å². The van der Waals surface area contributed by atoms with Gasteiger partial charge in [0.1, 0.15) is 17.9 Å². The first-order valence-corrected chi connectivity index (χ1v) is 11.0. The molecule has 164 valence electrons. The van der Waals surface area contributed by atoms with Crippen molar-refractivity contribution in [3.8, 4) is 22.5 Å². The van der Waals surface area contributed by atoms with Crippen LogP contribution in [-0.4, -0.2) is 32.6 Å². The summed E-state index contributed by atoms with van der Waals surface area (Å²) in [6, 6.07) is 19.4. The van der Waals surface area contributed by atoms with Crippen LogP contribution >= 0.6 is 11.6 Å². The number of fused-ring (bicyclic) bond motifs is 1. The molecule has 4 rings (SSSR count). The van der Waals surface area contributed by atoms with Gasteiger partial charge in [0.25, 0.3) is 0 Å². The third kappa shape index (κ3) is 4.50. The van der Waals surface area contributed by atoms with Crippen molar-refractivity contribution in [2.24, 2.45) is 11.8 Å². The number of nitrogens with zero attached hydrogens (tertiary/aromatic N) is 4. The Morgan fingerprint density at radius 1 is 0.938 bits per heavy atom. The number of rotatable bonds is 7. The summed E-state index contributed by atoms with van der Waals surface area (Å²) >= 11 is 6.85. The molecule has 0 saturated carbocycles. The van der Waals surface area contributed by atoms with E-state index in [9.17, 15) is 4.79 Å². The predicted molar refractivity (Wildman–Crippen MR) is 126 cm³/mol. The van der Waals surface area contributed by atoms with Crippen LogP contribution in [0.1, 0.15) is 20.8 Å². The zero-order valence-corrected chi connectivity index (χ0v) is 19.1. The molecule has 0 bridgehead atoms. The predicted octanol–water partition coefficient (Wildman–Crippen LogP) is 5.65. The SMILES string of the molecule is CC(C)C(C)COC(=O)Cn1nc(-c2ccccc2)c2c(Cl)c(-c3ccccc3)nnc21. The first-order valence-electron chi connectivity index (χ1n) is 10.6. The normalized spacial score (nSPS) is 12.3. The Bertz CT molecular complexity index is 1220. The number of carbonyl (C=O) groups is 1. The maximum atomic E-state index is 12.5. The van der Waals surface area contributed by atoms with Crippen LogP contribution in [0, 0.1) is 11.8 Å². The molecule has 1 atom stereocenters. The van der Waals surface area contributed by atoms with Gasteiger partial charge in [0, 0.05) is 11.1 Å². The zero-order valence-electron chi connectivity index (χ0n) is 18.3. The lowest BCUT2D eigenvalue weighted by Gasteiger charge is -2.15. The molecule has 0 amide bonds. The van der Waals surface area contributed by atoms with E-state index in [1.165, 1.54) is 4.68 Å². The van der Waals surface area contributed by atoms with E-state index in [2.05, 4.69) is 36.1 Å². The molecule has 0 saturated heterocycles. The topological polar surface area (TPSA) is 69.9 Å². The second kappa shape index (κ2) is 9.49. The molecule has 0 spiro atoms. The van der Waals surface area contributed by atoms with Crippen molar-refractivity contribution in [2.45, 2.75) is 27.3 Å². The van der Waals surface area contributed by atoms with Gasteiger partial charge in [0.05, 0.1) is 17.0 Å². The van der Waals surface area contributed by atoms with Crippen molar-refractivity contribution in [3.63, 3.8) is 0 Å². The van der Waals surface area contributed by atoms with E-state index in [1.54, 1.807) is 0 Å². The average molecular weight is 449 g/mol. The summed E-state index contributed by atoms with van der Waals surface area (Å²) in [5.74, 6) is 0.335. The van der Waals surface area contributed by atoms with Gasteiger partial charge in [-0.3, -0.25) is 4.79 Å². The minimum absolute atomic E-state index is 0.0656. The van der Waals surface area contributed by atoms with Crippen LogP contribution in [0.2, 0.25) is 5.02 Å². The summed E-state index contributed by atoms with van der Waals surface area (Å²) < 4.78 is 7.00. The molecule has 0 N–H and O–H groups in total. The summed E-state index contributed by atoms with van der Waals surface area (Å²) in [5, 5.41) is 14.6. The average Bonchev–Trinajstić information content (AvgIpc) is 3.18. The van der Waals surface area contributed by atoms with Gasteiger partial charge in [-0.2, -0.15) is 5.10 Å². The number of carbonyl (C=O) groups excluding carboxylic acids is 1. The fourth-order valence-corrected chi connectivity index (χ4v) is 3.61. The lowest BCUT2D eigenvalue weighted by Crippen LogP contribution is -2.20. The molecule has 6 nitrogen and oxygen atoms in total. The van der Waals surface area contributed by atoms with E-state index in [-0.39, 0.29) is 18.4 Å². The van der Waals surface area contributed by atoms with Crippen molar-refractivity contribution in [1.29, 1.82) is 0 Å². The van der Waals surface area contributed by atoms with Crippen LogP contribution in [0.3, 0.4) is 0 Å². The Labute approximate surface area is 192 Å². The van der Waals surface area contributed by atoms with Crippen LogP contribution in [-0.2, 0) is 16.1 Å². The van der Waals surface area contributed by atoms with Crippen molar-refractivity contribution in [1.82, 2.24) is 20.0 Å². The summed E-state index contributed by atoms with van der Waals surface area (Å²) in [6.07, 6.45) is 0. The van der Waals surface area contributed by atoms with E-state index >= 15 is 0 Å². The molecule has 4 aromatic rings. The van der Waals surface area contributed by atoms with Crippen LogP contribution in [0.25, 0.3) is 33.5 Å². The monoisotopic (exact) mass is 448 g/mol. The highest BCUT2D eigenvalue weighted by Gasteiger charge is 2.22. The molecule has 0 aliphatic carbocycles. The fourth-order valence-electron chi connectivity index (χ4n) is 3.29. The van der Waals surface area contributed by atoms with Gasteiger partial charge in [-0.15, -0.1) is 10.2 Å². The van der Waals surface area contributed by atoms with E-state index < -0.39 is 0 Å². The Kier molecular flexibility index (Phi) is 6.51. The number of ether oxygens (including phenoxy) is 1.